The average Bonchev–Trinajstić information content (AvgIpc) is 3.26. The Labute approximate surface area is 201 Å². The molecule has 178 valence electrons. The van der Waals surface area contributed by atoms with E-state index in [0.717, 1.165) is 16.7 Å². The molecule has 0 aliphatic carbocycles. The third-order valence-electron chi connectivity index (χ3n) is 5.84. The second-order valence-electron chi connectivity index (χ2n) is 8.33. The maximum absolute atomic E-state index is 13.6. The van der Waals surface area contributed by atoms with Crippen molar-refractivity contribution in [3.8, 4) is 0 Å². The Kier molecular flexibility index (Phi) is 6.62. The van der Waals surface area contributed by atoms with E-state index in [1.807, 2.05) is 44.2 Å². The Hall–Kier alpha value is -3.01. The number of amidine groups is 1. The summed E-state index contributed by atoms with van der Waals surface area (Å²) < 4.78 is 58.5. The van der Waals surface area contributed by atoms with Gasteiger partial charge >= 0.3 is 0 Å². The quantitative estimate of drug-likeness (QED) is 0.391. The van der Waals surface area contributed by atoms with Crippen molar-refractivity contribution >= 4 is 25.9 Å². The molecule has 0 N–H and O–H groups in total. The molecule has 0 amide bonds. The molecule has 9 heteroatoms. The molecule has 0 bridgehead atoms. The van der Waals surface area contributed by atoms with Crippen molar-refractivity contribution in [1.29, 1.82) is 0 Å². The van der Waals surface area contributed by atoms with Crippen LogP contribution in [0.25, 0.3) is 0 Å². The SMILES string of the molecule is C/C(=N\S(=O)(=O)c1ccc(C)cc1)N1CCN(S(=O)(=O)c2ccc(C)cc2)C1c1ccccc1. The van der Waals surface area contributed by atoms with Crippen molar-refractivity contribution in [2.75, 3.05) is 13.1 Å². The highest BCUT2D eigenvalue weighted by Crippen LogP contribution is 2.35. The summed E-state index contributed by atoms with van der Waals surface area (Å²) in [7, 11) is -7.78. The molecule has 0 aromatic heterocycles. The van der Waals surface area contributed by atoms with Crippen LogP contribution >= 0.6 is 0 Å². The normalized spacial score (nSPS) is 17.8. The molecule has 3 aromatic rings. The molecule has 1 saturated heterocycles. The van der Waals surface area contributed by atoms with Gasteiger partial charge in [-0.3, -0.25) is 0 Å². The molecule has 0 spiro atoms. The number of nitrogens with zero attached hydrogens (tertiary/aromatic N) is 3. The van der Waals surface area contributed by atoms with Crippen molar-refractivity contribution in [2.24, 2.45) is 4.40 Å². The lowest BCUT2D eigenvalue weighted by Gasteiger charge is -2.31. The van der Waals surface area contributed by atoms with Crippen LogP contribution in [0.15, 0.2) is 93.1 Å². The molecule has 34 heavy (non-hydrogen) atoms. The van der Waals surface area contributed by atoms with Crippen LogP contribution in [0.2, 0.25) is 0 Å². The van der Waals surface area contributed by atoms with Crippen molar-refractivity contribution in [3.05, 3.63) is 95.6 Å². The molecule has 3 aromatic carbocycles. The fourth-order valence-electron chi connectivity index (χ4n) is 4.00. The number of sulfonamides is 2. The van der Waals surface area contributed by atoms with E-state index in [4.69, 9.17) is 0 Å². The number of rotatable bonds is 5. The van der Waals surface area contributed by atoms with Gasteiger partial charge in [-0.25, -0.2) is 8.42 Å². The van der Waals surface area contributed by atoms with Crippen LogP contribution in [0.4, 0.5) is 0 Å². The molecule has 1 fully saturated rings. The zero-order valence-corrected chi connectivity index (χ0v) is 20.9. The first kappa shape index (κ1) is 24.1. The van der Waals surface area contributed by atoms with E-state index in [9.17, 15) is 16.8 Å². The summed E-state index contributed by atoms with van der Waals surface area (Å²) in [5, 5.41) is 0. The van der Waals surface area contributed by atoms with E-state index >= 15 is 0 Å². The number of hydrogen-bond acceptors (Lipinski definition) is 4. The average molecular weight is 498 g/mol. The van der Waals surface area contributed by atoms with Crippen molar-refractivity contribution in [1.82, 2.24) is 9.21 Å². The van der Waals surface area contributed by atoms with E-state index in [1.165, 1.54) is 16.4 Å². The minimum Gasteiger partial charge on any atom is -0.337 e. The standard InChI is InChI=1S/C25H27N3O4S2/c1-19-9-13-23(14-10-19)33(29,30)26-21(3)27-17-18-28(25(27)22-7-5-4-6-8-22)34(31,32)24-15-11-20(2)12-16-24/h4-16,25H,17-18H2,1-3H3/b26-21+. The van der Waals surface area contributed by atoms with Crippen LogP contribution in [0, 0.1) is 13.8 Å². The lowest BCUT2D eigenvalue weighted by molar-refractivity contribution is 0.284. The maximum Gasteiger partial charge on any atom is 0.283 e. The molecule has 1 atom stereocenters. The fourth-order valence-corrected chi connectivity index (χ4v) is 6.61. The largest absolute Gasteiger partial charge is 0.337 e. The van der Waals surface area contributed by atoms with Crippen LogP contribution in [-0.2, 0) is 20.0 Å². The summed E-state index contributed by atoms with van der Waals surface area (Å²) in [5.41, 5.74) is 2.64. The van der Waals surface area contributed by atoms with Gasteiger partial charge in [-0.2, -0.15) is 12.7 Å². The highest BCUT2D eigenvalue weighted by atomic mass is 32.2. The Balaban J connectivity index is 1.75. The predicted molar refractivity (Wildman–Crippen MR) is 132 cm³/mol. The van der Waals surface area contributed by atoms with Crippen molar-refractivity contribution in [3.63, 3.8) is 0 Å². The van der Waals surface area contributed by atoms with E-state index in [0.29, 0.717) is 6.54 Å². The lowest BCUT2D eigenvalue weighted by Crippen LogP contribution is -2.37. The topological polar surface area (TPSA) is 87.1 Å². The first-order chi connectivity index (χ1) is 16.1. The van der Waals surface area contributed by atoms with Gasteiger partial charge in [0.15, 0.2) is 0 Å². The first-order valence-corrected chi connectivity index (χ1v) is 13.8. The van der Waals surface area contributed by atoms with Crippen molar-refractivity contribution in [2.45, 2.75) is 36.7 Å². The summed E-state index contributed by atoms with van der Waals surface area (Å²) in [4.78, 5) is 2.02. The Morgan fingerprint density at radius 2 is 1.29 bits per heavy atom. The molecule has 1 heterocycles. The number of benzene rings is 3. The number of hydrogen-bond donors (Lipinski definition) is 0. The summed E-state index contributed by atoms with van der Waals surface area (Å²) in [6.07, 6.45) is -0.718. The third kappa shape index (κ3) is 4.77. The van der Waals surface area contributed by atoms with E-state index in [1.54, 1.807) is 48.2 Å². The lowest BCUT2D eigenvalue weighted by atomic mass is 10.1. The zero-order valence-electron chi connectivity index (χ0n) is 19.3. The number of aryl methyl sites for hydroxylation is 2. The highest BCUT2D eigenvalue weighted by molar-refractivity contribution is 7.90. The maximum atomic E-state index is 13.6. The Morgan fingerprint density at radius 1 is 0.765 bits per heavy atom. The van der Waals surface area contributed by atoms with Gasteiger partial charge in [-0.1, -0.05) is 65.7 Å². The van der Waals surface area contributed by atoms with Crippen molar-refractivity contribution < 1.29 is 16.8 Å². The Bertz CT molecular complexity index is 1400. The van der Waals surface area contributed by atoms with E-state index < -0.39 is 26.2 Å². The predicted octanol–water partition coefficient (Wildman–Crippen LogP) is 4.12. The molecule has 1 unspecified atom stereocenters. The van der Waals surface area contributed by atoms with Gasteiger partial charge in [0.05, 0.1) is 9.79 Å². The fraction of sp³-hybridized carbons (Fsp3) is 0.240. The zero-order chi connectivity index (χ0) is 24.5. The van der Waals surface area contributed by atoms with Crippen LogP contribution in [-0.4, -0.2) is 45.0 Å². The second kappa shape index (κ2) is 9.32. The van der Waals surface area contributed by atoms with Gasteiger partial charge in [0.25, 0.3) is 10.0 Å². The third-order valence-corrected chi connectivity index (χ3v) is 9.08. The summed E-state index contributed by atoms with van der Waals surface area (Å²) >= 11 is 0. The first-order valence-electron chi connectivity index (χ1n) is 10.9. The van der Waals surface area contributed by atoms with E-state index in [2.05, 4.69) is 4.40 Å². The molecule has 7 nitrogen and oxygen atoms in total. The molecule has 4 rings (SSSR count). The van der Waals surface area contributed by atoms with Gasteiger partial charge < -0.3 is 4.90 Å². The molecule has 1 aliphatic rings. The molecule has 1 aliphatic heterocycles. The van der Waals surface area contributed by atoms with Crippen LogP contribution in [0.1, 0.15) is 29.8 Å². The van der Waals surface area contributed by atoms with Gasteiger partial charge in [0, 0.05) is 13.1 Å². The molecule has 0 saturated carbocycles. The van der Waals surface area contributed by atoms with E-state index in [-0.39, 0.29) is 22.2 Å². The van der Waals surface area contributed by atoms with Crippen LogP contribution in [0.5, 0.6) is 0 Å². The van der Waals surface area contributed by atoms with Gasteiger partial charge in [-0.15, -0.1) is 4.40 Å². The monoisotopic (exact) mass is 497 g/mol. The molecule has 0 radical (unpaired) electrons. The summed E-state index contributed by atoms with van der Waals surface area (Å²) in [6.45, 7) is 5.89. The van der Waals surface area contributed by atoms with Crippen LogP contribution < -0.4 is 0 Å². The van der Waals surface area contributed by atoms with Gasteiger partial charge in [0.1, 0.15) is 12.0 Å². The summed E-state index contributed by atoms with van der Waals surface area (Å²) in [5.74, 6) is 0.232. The Morgan fingerprint density at radius 3 is 1.85 bits per heavy atom. The minimum absolute atomic E-state index is 0.0945. The highest BCUT2D eigenvalue weighted by Gasteiger charge is 2.42. The minimum atomic E-state index is -3.95. The summed E-state index contributed by atoms with van der Waals surface area (Å²) in [6, 6.07) is 22.4. The molecular weight excluding hydrogens is 470 g/mol. The smallest absolute Gasteiger partial charge is 0.283 e. The van der Waals surface area contributed by atoms with Gasteiger partial charge in [0.2, 0.25) is 10.0 Å². The second-order valence-corrected chi connectivity index (χ2v) is 11.8. The van der Waals surface area contributed by atoms with Crippen LogP contribution in [0.3, 0.4) is 0 Å². The molecular formula is C25H27N3O4S2. The van der Waals surface area contributed by atoms with Gasteiger partial charge in [-0.05, 0) is 50.6 Å².